The molecule has 1 aliphatic heterocycles. The van der Waals surface area contributed by atoms with Crippen molar-refractivity contribution in [1.29, 1.82) is 0 Å². The lowest BCUT2D eigenvalue weighted by atomic mass is 9.85. The molecule has 2 atom stereocenters. The van der Waals surface area contributed by atoms with Crippen molar-refractivity contribution in [2.75, 3.05) is 11.4 Å². The van der Waals surface area contributed by atoms with Crippen molar-refractivity contribution in [3.8, 4) is 0 Å². The molecular formula is C24H31N3O2. The molecule has 0 aromatic heterocycles. The number of amides is 2. The number of anilines is 1. The second kappa shape index (κ2) is 7.99. The summed E-state index contributed by atoms with van der Waals surface area (Å²) in [4.78, 5) is 27.4. The summed E-state index contributed by atoms with van der Waals surface area (Å²) < 4.78 is 0. The van der Waals surface area contributed by atoms with Crippen molar-refractivity contribution < 1.29 is 9.59 Å². The summed E-state index contributed by atoms with van der Waals surface area (Å²) in [6.07, 6.45) is 0.509. The van der Waals surface area contributed by atoms with E-state index in [2.05, 4.69) is 48.6 Å². The standard InChI is InChI=1S/C24H31N3O2/c1-15-6-9-17(10-7-15)19-13-20(25)23(29)27(14-22(28)26-24(3,4)5)21-12-16(2)8-11-18(19)21/h6-12,19-20H,13-14,25H2,1-5H3,(H,26,28)/t19-,20-/m1/s1. The van der Waals surface area contributed by atoms with Gasteiger partial charge in [0.25, 0.3) is 0 Å². The summed E-state index contributed by atoms with van der Waals surface area (Å²) in [6, 6.07) is 13.8. The summed E-state index contributed by atoms with van der Waals surface area (Å²) in [5.41, 5.74) is 11.1. The maximum Gasteiger partial charge on any atom is 0.244 e. The number of hydrogen-bond acceptors (Lipinski definition) is 3. The first kappa shape index (κ1) is 21.1. The Morgan fingerprint density at radius 2 is 1.72 bits per heavy atom. The Bertz CT molecular complexity index is 913. The smallest absolute Gasteiger partial charge is 0.244 e. The highest BCUT2D eigenvalue weighted by molar-refractivity contribution is 6.03. The Morgan fingerprint density at radius 1 is 1.10 bits per heavy atom. The molecule has 5 nitrogen and oxygen atoms in total. The highest BCUT2D eigenvalue weighted by Crippen LogP contribution is 2.39. The normalized spacial score (nSPS) is 19.5. The van der Waals surface area contributed by atoms with E-state index < -0.39 is 6.04 Å². The van der Waals surface area contributed by atoms with Crippen molar-refractivity contribution in [2.24, 2.45) is 5.73 Å². The van der Waals surface area contributed by atoms with Crippen LogP contribution in [0.4, 0.5) is 5.69 Å². The fourth-order valence-electron chi connectivity index (χ4n) is 3.86. The second-order valence-corrected chi connectivity index (χ2v) is 9.09. The maximum absolute atomic E-state index is 13.2. The molecule has 0 aliphatic carbocycles. The van der Waals surface area contributed by atoms with Crippen molar-refractivity contribution in [3.63, 3.8) is 0 Å². The zero-order chi connectivity index (χ0) is 21.3. The summed E-state index contributed by atoms with van der Waals surface area (Å²) >= 11 is 0. The Balaban J connectivity index is 2.05. The summed E-state index contributed by atoms with van der Waals surface area (Å²) in [7, 11) is 0. The second-order valence-electron chi connectivity index (χ2n) is 9.09. The number of nitrogens with one attached hydrogen (secondary N) is 1. The number of nitrogens with zero attached hydrogens (tertiary/aromatic N) is 1. The van der Waals surface area contributed by atoms with Gasteiger partial charge in [-0.2, -0.15) is 0 Å². The first-order valence-corrected chi connectivity index (χ1v) is 10.1. The van der Waals surface area contributed by atoms with Crippen LogP contribution < -0.4 is 16.0 Å². The summed E-state index contributed by atoms with van der Waals surface area (Å²) in [5.74, 6) is -0.407. The van der Waals surface area contributed by atoms with Crippen LogP contribution in [-0.4, -0.2) is 29.9 Å². The van der Waals surface area contributed by atoms with Gasteiger partial charge in [0, 0.05) is 17.1 Å². The molecule has 0 saturated carbocycles. The minimum absolute atomic E-state index is 0.000766. The van der Waals surface area contributed by atoms with E-state index >= 15 is 0 Å². The molecule has 0 saturated heterocycles. The van der Waals surface area contributed by atoms with Gasteiger partial charge in [-0.05, 0) is 63.8 Å². The number of hydrogen-bond donors (Lipinski definition) is 2. The van der Waals surface area contributed by atoms with Crippen LogP contribution in [0, 0.1) is 13.8 Å². The molecule has 0 fully saturated rings. The van der Waals surface area contributed by atoms with Gasteiger partial charge in [-0.15, -0.1) is 0 Å². The first-order chi connectivity index (χ1) is 13.5. The molecule has 2 amide bonds. The van der Waals surface area contributed by atoms with Crippen LogP contribution in [0.3, 0.4) is 0 Å². The van der Waals surface area contributed by atoms with Gasteiger partial charge in [0.2, 0.25) is 11.8 Å². The van der Waals surface area contributed by atoms with Crippen molar-refractivity contribution in [3.05, 3.63) is 64.7 Å². The molecule has 0 bridgehead atoms. The lowest BCUT2D eigenvalue weighted by Gasteiger charge is -2.27. The summed E-state index contributed by atoms with van der Waals surface area (Å²) in [6.45, 7) is 9.77. The molecule has 2 aromatic rings. The number of nitrogens with two attached hydrogens (primary N) is 1. The molecule has 154 valence electrons. The van der Waals surface area contributed by atoms with Gasteiger partial charge in [-0.3, -0.25) is 9.59 Å². The Morgan fingerprint density at radius 3 is 2.34 bits per heavy atom. The van der Waals surface area contributed by atoms with Crippen molar-refractivity contribution in [1.82, 2.24) is 5.32 Å². The number of carbonyl (C=O) groups is 2. The number of carbonyl (C=O) groups excluding carboxylic acids is 2. The third-order valence-electron chi connectivity index (χ3n) is 5.22. The SMILES string of the molecule is Cc1ccc([C@H]2C[C@@H](N)C(=O)N(CC(=O)NC(C)(C)C)c3cc(C)ccc32)cc1. The monoisotopic (exact) mass is 393 g/mol. The number of aryl methyl sites for hydroxylation is 2. The van der Waals surface area contributed by atoms with Crippen LogP contribution in [0.25, 0.3) is 0 Å². The van der Waals surface area contributed by atoms with E-state index in [-0.39, 0.29) is 29.8 Å². The third kappa shape index (κ3) is 4.85. The quantitative estimate of drug-likeness (QED) is 0.839. The van der Waals surface area contributed by atoms with Crippen LogP contribution >= 0.6 is 0 Å². The Labute approximate surface area is 173 Å². The van der Waals surface area contributed by atoms with Crippen molar-refractivity contribution in [2.45, 2.75) is 58.5 Å². The number of benzene rings is 2. The van der Waals surface area contributed by atoms with Crippen LogP contribution in [0.1, 0.15) is 55.4 Å². The van der Waals surface area contributed by atoms with Crippen LogP contribution in [-0.2, 0) is 9.59 Å². The summed E-state index contributed by atoms with van der Waals surface area (Å²) in [5, 5.41) is 2.94. The average Bonchev–Trinajstić information content (AvgIpc) is 2.71. The number of rotatable bonds is 3. The van der Waals surface area contributed by atoms with E-state index in [0.717, 1.165) is 22.4 Å². The highest BCUT2D eigenvalue weighted by atomic mass is 16.2. The molecule has 0 spiro atoms. The van der Waals surface area contributed by atoms with Gasteiger partial charge < -0.3 is 16.0 Å². The lowest BCUT2D eigenvalue weighted by Crippen LogP contribution is -2.50. The van der Waals surface area contributed by atoms with Gasteiger partial charge in [0.05, 0.1) is 6.04 Å². The molecule has 1 heterocycles. The molecule has 29 heavy (non-hydrogen) atoms. The zero-order valence-electron chi connectivity index (χ0n) is 18.0. The first-order valence-electron chi connectivity index (χ1n) is 10.1. The maximum atomic E-state index is 13.2. The molecule has 0 radical (unpaired) electrons. The van der Waals surface area contributed by atoms with Gasteiger partial charge in [-0.1, -0.05) is 42.0 Å². The molecular weight excluding hydrogens is 362 g/mol. The van der Waals surface area contributed by atoms with E-state index in [1.165, 1.54) is 5.56 Å². The topological polar surface area (TPSA) is 75.4 Å². The molecule has 5 heteroatoms. The predicted molar refractivity (Wildman–Crippen MR) is 117 cm³/mol. The van der Waals surface area contributed by atoms with E-state index in [1.807, 2.05) is 33.8 Å². The minimum Gasteiger partial charge on any atom is -0.350 e. The van der Waals surface area contributed by atoms with Crippen molar-refractivity contribution >= 4 is 17.5 Å². The Kier molecular flexibility index (Phi) is 5.80. The number of fused-ring (bicyclic) bond motifs is 1. The molecule has 2 aromatic carbocycles. The predicted octanol–water partition coefficient (Wildman–Crippen LogP) is 3.41. The van der Waals surface area contributed by atoms with E-state index in [9.17, 15) is 9.59 Å². The van der Waals surface area contributed by atoms with Gasteiger partial charge in [0.15, 0.2) is 0 Å². The third-order valence-corrected chi connectivity index (χ3v) is 5.22. The van der Waals surface area contributed by atoms with Crippen LogP contribution in [0.15, 0.2) is 42.5 Å². The van der Waals surface area contributed by atoms with Gasteiger partial charge in [0.1, 0.15) is 6.54 Å². The van der Waals surface area contributed by atoms with E-state index in [4.69, 9.17) is 5.73 Å². The van der Waals surface area contributed by atoms with Crippen LogP contribution in [0.2, 0.25) is 0 Å². The Hall–Kier alpha value is -2.66. The molecule has 3 N–H and O–H groups in total. The van der Waals surface area contributed by atoms with Gasteiger partial charge in [-0.25, -0.2) is 0 Å². The largest absolute Gasteiger partial charge is 0.350 e. The van der Waals surface area contributed by atoms with E-state index in [1.54, 1.807) is 4.90 Å². The fraction of sp³-hybridized carbons (Fsp3) is 0.417. The van der Waals surface area contributed by atoms with E-state index in [0.29, 0.717) is 6.42 Å². The average molecular weight is 394 g/mol. The molecule has 3 rings (SSSR count). The molecule has 1 aliphatic rings. The lowest BCUT2D eigenvalue weighted by molar-refractivity contribution is -0.125. The van der Waals surface area contributed by atoms with Crippen LogP contribution in [0.5, 0.6) is 0 Å². The zero-order valence-corrected chi connectivity index (χ0v) is 18.0. The fourth-order valence-corrected chi connectivity index (χ4v) is 3.86. The minimum atomic E-state index is -0.670. The van der Waals surface area contributed by atoms with Gasteiger partial charge >= 0.3 is 0 Å². The highest BCUT2D eigenvalue weighted by Gasteiger charge is 2.35. The molecule has 0 unspecified atom stereocenters.